The van der Waals surface area contributed by atoms with E-state index in [0.717, 1.165) is 16.5 Å². The standard InChI is InChI=1S/C14H15N5O2/c1-14(2,12(15)20)13-17-11(19-21-13)6-8-3-4-10-9(5-8)7-16-18-10/h3-5,7H,6H2,1-2H3,(H2,15,20)(H,16,18). The molecule has 1 aromatic carbocycles. The zero-order valence-corrected chi connectivity index (χ0v) is 11.8. The van der Waals surface area contributed by atoms with Crippen LogP contribution in [-0.4, -0.2) is 26.2 Å². The van der Waals surface area contributed by atoms with Crippen LogP contribution < -0.4 is 5.73 Å². The van der Waals surface area contributed by atoms with Crippen LogP contribution in [0.15, 0.2) is 28.9 Å². The normalized spacial score (nSPS) is 11.9. The van der Waals surface area contributed by atoms with E-state index in [2.05, 4.69) is 20.3 Å². The van der Waals surface area contributed by atoms with Crippen LogP contribution in [0.3, 0.4) is 0 Å². The van der Waals surface area contributed by atoms with Crippen molar-refractivity contribution in [2.45, 2.75) is 25.7 Å². The molecule has 0 radical (unpaired) electrons. The number of fused-ring (bicyclic) bond motifs is 1. The maximum atomic E-state index is 11.4. The number of benzene rings is 1. The maximum absolute atomic E-state index is 11.4. The van der Waals surface area contributed by atoms with Crippen LogP contribution in [-0.2, 0) is 16.6 Å². The summed E-state index contributed by atoms with van der Waals surface area (Å²) in [4.78, 5) is 15.7. The van der Waals surface area contributed by atoms with Crippen molar-refractivity contribution in [2.24, 2.45) is 5.73 Å². The lowest BCUT2D eigenvalue weighted by Gasteiger charge is -2.13. The zero-order valence-electron chi connectivity index (χ0n) is 11.8. The number of rotatable bonds is 4. The number of aromatic nitrogens is 4. The monoisotopic (exact) mass is 285 g/mol. The Hall–Kier alpha value is -2.70. The number of nitrogens with zero attached hydrogens (tertiary/aromatic N) is 3. The van der Waals surface area contributed by atoms with Gasteiger partial charge in [0.1, 0.15) is 5.41 Å². The topological polar surface area (TPSA) is 111 Å². The second-order valence-corrected chi connectivity index (χ2v) is 5.47. The Morgan fingerprint density at radius 2 is 2.24 bits per heavy atom. The van der Waals surface area contributed by atoms with Gasteiger partial charge in [0.05, 0.1) is 11.7 Å². The van der Waals surface area contributed by atoms with Gasteiger partial charge >= 0.3 is 0 Å². The largest absolute Gasteiger partial charge is 0.369 e. The Morgan fingerprint density at radius 3 is 3.00 bits per heavy atom. The van der Waals surface area contributed by atoms with Crippen molar-refractivity contribution in [2.75, 3.05) is 0 Å². The molecule has 7 nitrogen and oxygen atoms in total. The highest BCUT2D eigenvalue weighted by Gasteiger charge is 2.33. The van der Waals surface area contributed by atoms with Crippen molar-refractivity contribution in [3.8, 4) is 0 Å². The molecule has 0 aliphatic heterocycles. The van der Waals surface area contributed by atoms with Crippen molar-refractivity contribution >= 4 is 16.8 Å². The fourth-order valence-corrected chi connectivity index (χ4v) is 1.97. The Balaban J connectivity index is 1.85. The highest BCUT2D eigenvalue weighted by Crippen LogP contribution is 2.21. The second-order valence-electron chi connectivity index (χ2n) is 5.47. The third kappa shape index (κ3) is 2.37. The summed E-state index contributed by atoms with van der Waals surface area (Å²) in [6, 6.07) is 5.93. The van der Waals surface area contributed by atoms with Gasteiger partial charge in [-0.05, 0) is 31.5 Å². The molecule has 0 bridgehead atoms. The van der Waals surface area contributed by atoms with Gasteiger partial charge in [0.2, 0.25) is 11.8 Å². The predicted octanol–water partition coefficient (Wildman–Crippen LogP) is 1.30. The van der Waals surface area contributed by atoms with E-state index in [9.17, 15) is 4.79 Å². The number of H-pyrrole nitrogens is 1. The maximum Gasteiger partial charge on any atom is 0.241 e. The molecule has 0 atom stereocenters. The van der Waals surface area contributed by atoms with Gasteiger partial charge in [0.25, 0.3) is 0 Å². The van der Waals surface area contributed by atoms with E-state index in [4.69, 9.17) is 10.3 Å². The number of primary amides is 1. The van der Waals surface area contributed by atoms with Crippen LogP contribution in [0.5, 0.6) is 0 Å². The molecule has 1 amide bonds. The molecule has 0 saturated heterocycles. The first kappa shape index (κ1) is 13.3. The van der Waals surface area contributed by atoms with E-state index < -0.39 is 11.3 Å². The fourth-order valence-electron chi connectivity index (χ4n) is 1.97. The van der Waals surface area contributed by atoms with Crippen LogP contribution in [0.25, 0.3) is 10.9 Å². The summed E-state index contributed by atoms with van der Waals surface area (Å²) in [7, 11) is 0. The van der Waals surface area contributed by atoms with Gasteiger partial charge in [-0.2, -0.15) is 10.1 Å². The Morgan fingerprint density at radius 1 is 1.43 bits per heavy atom. The summed E-state index contributed by atoms with van der Waals surface area (Å²) in [5.41, 5.74) is 6.37. The number of hydrogen-bond acceptors (Lipinski definition) is 5. The smallest absolute Gasteiger partial charge is 0.241 e. The van der Waals surface area contributed by atoms with E-state index in [1.165, 1.54) is 0 Å². The Kier molecular flexibility index (Phi) is 2.97. The summed E-state index contributed by atoms with van der Waals surface area (Å²) in [5, 5.41) is 11.8. The molecule has 0 unspecified atom stereocenters. The van der Waals surface area contributed by atoms with Gasteiger partial charge in [0, 0.05) is 11.8 Å². The molecule has 0 saturated carbocycles. The first-order chi connectivity index (χ1) is 9.96. The zero-order chi connectivity index (χ0) is 15.0. The van der Waals surface area contributed by atoms with Crippen LogP contribution >= 0.6 is 0 Å². The third-order valence-corrected chi connectivity index (χ3v) is 3.49. The predicted molar refractivity (Wildman–Crippen MR) is 75.4 cm³/mol. The van der Waals surface area contributed by atoms with Crippen LogP contribution in [0, 0.1) is 0 Å². The molecule has 2 aromatic heterocycles. The van der Waals surface area contributed by atoms with Crippen molar-refractivity contribution in [1.29, 1.82) is 0 Å². The number of nitrogens with one attached hydrogen (secondary N) is 1. The van der Waals surface area contributed by atoms with Crippen molar-refractivity contribution < 1.29 is 9.32 Å². The molecule has 108 valence electrons. The molecule has 3 rings (SSSR count). The van der Waals surface area contributed by atoms with Crippen molar-refractivity contribution in [1.82, 2.24) is 20.3 Å². The van der Waals surface area contributed by atoms with E-state index in [1.807, 2.05) is 18.2 Å². The summed E-state index contributed by atoms with van der Waals surface area (Å²) in [5.74, 6) is 0.245. The van der Waals surface area contributed by atoms with Crippen LogP contribution in [0.1, 0.15) is 31.1 Å². The lowest BCUT2D eigenvalue weighted by molar-refractivity contribution is -0.123. The summed E-state index contributed by atoms with van der Waals surface area (Å²) in [6.07, 6.45) is 2.27. The minimum Gasteiger partial charge on any atom is -0.369 e. The van der Waals surface area contributed by atoms with Crippen LogP contribution in [0.2, 0.25) is 0 Å². The minimum absolute atomic E-state index is 0.231. The Bertz CT molecular complexity index is 802. The first-order valence-corrected chi connectivity index (χ1v) is 6.52. The molecular weight excluding hydrogens is 270 g/mol. The number of hydrogen-bond donors (Lipinski definition) is 2. The van der Waals surface area contributed by atoms with Gasteiger partial charge in [-0.25, -0.2) is 0 Å². The van der Waals surface area contributed by atoms with E-state index in [0.29, 0.717) is 12.2 Å². The number of amides is 1. The van der Waals surface area contributed by atoms with Gasteiger partial charge in [-0.1, -0.05) is 11.2 Å². The highest BCUT2D eigenvalue weighted by molar-refractivity contribution is 5.84. The van der Waals surface area contributed by atoms with Gasteiger partial charge in [-0.3, -0.25) is 9.89 Å². The number of carbonyl (C=O) groups is 1. The van der Waals surface area contributed by atoms with Gasteiger partial charge in [0.15, 0.2) is 5.82 Å². The third-order valence-electron chi connectivity index (χ3n) is 3.49. The molecule has 3 N–H and O–H groups in total. The SMILES string of the molecule is CC(C)(C(N)=O)c1nc(Cc2ccc3[nH]ncc3c2)no1. The average Bonchev–Trinajstić information content (AvgIpc) is 3.06. The molecule has 0 spiro atoms. The molecule has 7 heteroatoms. The summed E-state index contributed by atoms with van der Waals surface area (Å²) < 4.78 is 5.15. The molecule has 3 aromatic rings. The average molecular weight is 285 g/mol. The summed E-state index contributed by atoms with van der Waals surface area (Å²) >= 11 is 0. The molecule has 0 aliphatic rings. The Labute approximate surface area is 120 Å². The molecule has 2 heterocycles. The molecule has 0 fully saturated rings. The van der Waals surface area contributed by atoms with Crippen molar-refractivity contribution in [3.63, 3.8) is 0 Å². The van der Waals surface area contributed by atoms with Crippen LogP contribution in [0.4, 0.5) is 0 Å². The quantitative estimate of drug-likeness (QED) is 0.750. The molecule has 0 aliphatic carbocycles. The summed E-state index contributed by atoms with van der Waals surface area (Å²) in [6.45, 7) is 3.31. The molecular formula is C14H15N5O2. The highest BCUT2D eigenvalue weighted by atomic mass is 16.5. The van der Waals surface area contributed by atoms with Gasteiger partial charge in [-0.15, -0.1) is 0 Å². The lowest BCUT2D eigenvalue weighted by Crippen LogP contribution is -2.35. The first-order valence-electron chi connectivity index (χ1n) is 6.52. The van der Waals surface area contributed by atoms with E-state index in [1.54, 1.807) is 20.0 Å². The van der Waals surface area contributed by atoms with Crippen molar-refractivity contribution in [3.05, 3.63) is 41.7 Å². The number of carbonyl (C=O) groups excluding carboxylic acids is 1. The minimum atomic E-state index is -0.972. The van der Waals surface area contributed by atoms with E-state index >= 15 is 0 Å². The fraction of sp³-hybridized carbons (Fsp3) is 0.286. The van der Waals surface area contributed by atoms with E-state index in [-0.39, 0.29) is 5.89 Å². The second kappa shape index (κ2) is 4.69. The number of nitrogens with two attached hydrogens (primary N) is 1. The molecule has 21 heavy (non-hydrogen) atoms. The van der Waals surface area contributed by atoms with Gasteiger partial charge < -0.3 is 10.3 Å². The lowest BCUT2D eigenvalue weighted by atomic mass is 9.93. The number of aromatic amines is 1.